The fraction of sp³-hybridized carbons (Fsp3) is 0.714. The number of nitrogens with zero attached hydrogens (tertiary/aromatic N) is 1. The molecule has 0 aromatic heterocycles. The summed E-state index contributed by atoms with van der Waals surface area (Å²) < 4.78 is 34.2. The quantitative estimate of drug-likeness (QED) is 0.0195. The first-order valence-electron chi connectivity index (χ1n) is 32.6. The molecule has 2 atom stereocenters. The van der Waals surface area contributed by atoms with E-state index in [-0.39, 0.29) is 32.0 Å². The fourth-order valence-electron chi connectivity index (χ4n) is 8.83. The van der Waals surface area contributed by atoms with Crippen LogP contribution in [-0.2, 0) is 32.7 Å². The molecule has 0 aromatic rings. The summed E-state index contributed by atoms with van der Waals surface area (Å²) >= 11 is 0. The Morgan fingerprint density at radius 2 is 0.713 bits per heavy atom. The summed E-state index contributed by atoms with van der Waals surface area (Å²) in [5, 5.41) is 0. The van der Waals surface area contributed by atoms with Gasteiger partial charge in [0.05, 0.1) is 27.7 Å². The number of phosphoric ester groups is 1. The Balaban J connectivity index is 4.07. The maximum Gasteiger partial charge on any atom is 0.306 e. The van der Waals surface area contributed by atoms with Crippen LogP contribution in [0, 0.1) is 0 Å². The highest BCUT2D eigenvalue weighted by Gasteiger charge is 2.22. The van der Waals surface area contributed by atoms with Crippen LogP contribution in [0.5, 0.6) is 0 Å². The maximum atomic E-state index is 12.8. The lowest BCUT2D eigenvalue weighted by Gasteiger charge is -2.28. The van der Waals surface area contributed by atoms with Gasteiger partial charge in [0.15, 0.2) is 6.10 Å². The largest absolute Gasteiger partial charge is 0.756 e. The number of esters is 2. The Kier molecular flexibility index (Phi) is 57.8. The number of carbonyl (C=O) groups is 2. The van der Waals surface area contributed by atoms with Crippen molar-refractivity contribution in [2.75, 3.05) is 47.5 Å². The molecular formula is C70H122NO8P. The van der Waals surface area contributed by atoms with E-state index in [1.54, 1.807) is 0 Å². The summed E-state index contributed by atoms with van der Waals surface area (Å²) in [6.07, 6.45) is 84.4. The minimum absolute atomic E-state index is 0.0338. The van der Waals surface area contributed by atoms with Crippen LogP contribution in [0.3, 0.4) is 0 Å². The molecule has 0 aliphatic carbocycles. The van der Waals surface area contributed by atoms with Crippen molar-refractivity contribution in [1.82, 2.24) is 0 Å². The number of phosphoric acid groups is 1. The molecule has 2 unspecified atom stereocenters. The molecule has 0 fully saturated rings. The Morgan fingerprint density at radius 3 is 1.06 bits per heavy atom. The predicted octanol–water partition coefficient (Wildman–Crippen LogP) is 20.3. The maximum absolute atomic E-state index is 12.8. The van der Waals surface area contributed by atoms with Crippen molar-refractivity contribution < 1.29 is 42.1 Å². The van der Waals surface area contributed by atoms with Crippen molar-refractivity contribution in [2.24, 2.45) is 0 Å². The van der Waals surface area contributed by atoms with Gasteiger partial charge in [0.1, 0.15) is 19.8 Å². The van der Waals surface area contributed by atoms with E-state index in [0.717, 1.165) is 103 Å². The Labute approximate surface area is 493 Å². The minimum Gasteiger partial charge on any atom is -0.756 e. The molecule has 0 saturated heterocycles. The van der Waals surface area contributed by atoms with Gasteiger partial charge < -0.3 is 27.9 Å². The number of hydrogen-bond donors (Lipinski definition) is 0. The number of carbonyl (C=O) groups excluding carboxylic acids is 2. The molecule has 0 aromatic carbocycles. The zero-order chi connectivity index (χ0) is 58.4. The molecular weight excluding hydrogens is 1010 g/mol. The number of allylic oxidation sites excluding steroid dienone is 18. The second kappa shape index (κ2) is 60.3. The summed E-state index contributed by atoms with van der Waals surface area (Å²) in [4.78, 5) is 37.9. The summed E-state index contributed by atoms with van der Waals surface area (Å²) in [5.41, 5.74) is 0. The van der Waals surface area contributed by atoms with Gasteiger partial charge >= 0.3 is 11.9 Å². The smallest absolute Gasteiger partial charge is 0.306 e. The molecule has 0 aliphatic rings. The molecule has 0 aliphatic heterocycles. The van der Waals surface area contributed by atoms with Crippen molar-refractivity contribution in [1.29, 1.82) is 0 Å². The van der Waals surface area contributed by atoms with Crippen molar-refractivity contribution in [3.8, 4) is 0 Å². The molecule has 9 nitrogen and oxygen atoms in total. The molecule has 0 radical (unpaired) electrons. The Hall–Kier alpha value is -3.33. The van der Waals surface area contributed by atoms with Gasteiger partial charge in [-0.2, -0.15) is 0 Å². The predicted molar refractivity (Wildman–Crippen MR) is 342 cm³/mol. The van der Waals surface area contributed by atoms with Gasteiger partial charge in [0.25, 0.3) is 7.82 Å². The molecule has 0 N–H and O–H groups in total. The van der Waals surface area contributed by atoms with E-state index in [9.17, 15) is 19.0 Å². The van der Waals surface area contributed by atoms with E-state index < -0.39 is 26.5 Å². The fourth-order valence-corrected chi connectivity index (χ4v) is 9.56. The molecule has 460 valence electrons. The van der Waals surface area contributed by atoms with Gasteiger partial charge in [0, 0.05) is 12.8 Å². The highest BCUT2D eigenvalue weighted by atomic mass is 31.2. The van der Waals surface area contributed by atoms with Crippen molar-refractivity contribution in [3.63, 3.8) is 0 Å². The molecule has 0 amide bonds. The minimum atomic E-state index is -4.64. The van der Waals surface area contributed by atoms with Gasteiger partial charge in [-0.15, -0.1) is 0 Å². The van der Waals surface area contributed by atoms with Crippen molar-refractivity contribution in [2.45, 2.75) is 277 Å². The van der Waals surface area contributed by atoms with Crippen LogP contribution in [0.4, 0.5) is 0 Å². The van der Waals surface area contributed by atoms with E-state index in [0.29, 0.717) is 17.4 Å². The lowest BCUT2D eigenvalue weighted by atomic mass is 10.0. The molecule has 0 heterocycles. The van der Waals surface area contributed by atoms with Crippen LogP contribution < -0.4 is 4.89 Å². The first-order valence-corrected chi connectivity index (χ1v) is 34.1. The van der Waals surface area contributed by atoms with Crippen molar-refractivity contribution >= 4 is 19.8 Å². The SMILES string of the molecule is CC/C=C\C/C=C\C/C=C\C/C=C\C/C=C\C/C=C\C/C=C\C/C=C\C/C=C\CCCCCCCCCCCCCC(=O)OC(COC(=O)CCCCCCCCCCCCCCCCCCC)COP(=O)([O-])OCC[N+](C)(C)C. The van der Waals surface area contributed by atoms with E-state index in [2.05, 4.69) is 123 Å². The van der Waals surface area contributed by atoms with Crippen LogP contribution in [0.2, 0.25) is 0 Å². The summed E-state index contributed by atoms with van der Waals surface area (Å²) in [7, 11) is 1.16. The topological polar surface area (TPSA) is 111 Å². The highest BCUT2D eigenvalue weighted by Crippen LogP contribution is 2.38. The molecule has 0 saturated carbocycles. The van der Waals surface area contributed by atoms with E-state index in [1.807, 2.05) is 21.1 Å². The second-order valence-corrected chi connectivity index (χ2v) is 24.2. The number of rotatable bonds is 59. The molecule has 0 rings (SSSR count). The van der Waals surface area contributed by atoms with Crippen LogP contribution in [0.1, 0.15) is 271 Å². The summed E-state index contributed by atoms with van der Waals surface area (Å²) in [6.45, 7) is 4.14. The first-order chi connectivity index (χ1) is 39.0. The average Bonchev–Trinajstić information content (AvgIpc) is 3.42. The Bertz CT molecular complexity index is 1720. The third-order valence-electron chi connectivity index (χ3n) is 13.8. The van der Waals surface area contributed by atoms with Gasteiger partial charge in [-0.25, -0.2) is 0 Å². The molecule has 10 heteroatoms. The lowest BCUT2D eigenvalue weighted by Crippen LogP contribution is -2.37. The normalized spacial score (nSPS) is 13.9. The zero-order valence-corrected chi connectivity index (χ0v) is 53.1. The molecule has 0 spiro atoms. The van der Waals surface area contributed by atoms with Crippen LogP contribution >= 0.6 is 7.82 Å². The van der Waals surface area contributed by atoms with Crippen molar-refractivity contribution in [3.05, 3.63) is 109 Å². The van der Waals surface area contributed by atoms with Gasteiger partial charge in [0.2, 0.25) is 0 Å². The highest BCUT2D eigenvalue weighted by molar-refractivity contribution is 7.45. The summed E-state index contributed by atoms with van der Waals surface area (Å²) in [6, 6.07) is 0. The molecule has 0 bridgehead atoms. The van der Waals surface area contributed by atoms with E-state index in [1.165, 1.54) is 135 Å². The number of ether oxygens (including phenoxy) is 2. The number of unbranched alkanes of at least 4 members (excludes halogenated alkanes) is 27. The third kappa shape index (κ3) is 63.8. The summed E-state index contributed by atoms with van der Waals surface area (Å²) in [5.74, 6) is -0.832. The first kappa shape index (κ1) is 76.7. The monoisotopic (exact) mass is 1140 g/mol. The second-order valence-electron chi connectivity index (χ2n) is 22.8. The van der Waals surface area contributed by atoms with Crippen LogP contribution in [0.15, 0.2) is 109 Å². The average molecular weight is 1140 g/mol. The number of hydrogen-bond acceptors (Lipinski definition) is 8. The van der Waals surface area contributed by atoms with Crippen LogP contribution in [-0.4, -0.2) is 70.0 Å². The standard InChI is InChI=1S/C70H122NO8P/c1-6-8-10-12-14-16-18-20-22-24-25-26-27-28-29-30-31-32-33-34-35-36-37-38-39-40-41-42-43-44-45-47-49-51-53-55-57-59-61-63-70(73)79-68(67-78-80(74,75)77-65-64-71(3,4)5)66-76-69(72)62-60-58-56-54-52-50-48-46-23-21-19-17-15-13-11-9-7-2/h8,10,14,16,20,22,25-26,28-29,31-32,34-35,37-38,40-41,68H,6-7,9,11-13,15,17-19,21,23-24,27,30,33,36,39,42-67H2,1-5H3/b10-8-,16-14-,22-20-,26-25-,29-28-,32-31-,35-34-,38-37-,41-40-. The number of quaternary nitrogens is 1. The number of likely N-dealkylation sites (N-methyl/N-ethyl adjacent to an activating group) is 1. The van der Waals surface area contributed by atoms with Crippen LogP contribution in [0.25, 0.3) is 0 Å². The van der Waals surface area contributed by atoms with Gasteiger partial charge in [-0.3, -0.25) is 14.2 Å². The molecule has 80 heavy (non-hydrogen) atoms. The Morgan fingerprint density at radius 1 is 0.400 bits per heavy atom. The van der Waals surface area contributed by atoms with Gasteiger partial charge in [-0.1, -0.05) is 284 Å². The third-order valence-corrected chi connectivity index (χ3v) is 14.8. The zero-order valence-electron chi connectivity index (χ0n) is 52.2. The van der Waals surface area contributed by atoms with E-state index in [4.69, 9.17) is 18.5 Å². The lowest BCUT2D eigenvalue weighted by molar-refractivity contribution is -0.870. The van der Waals surface area contributed by atoms with E-state index >= 15 is 0 Å². The van der Waals surface area contributed by atoms with Gasteiger partial charge in [-0.05, 0) is 83.5 Å².